The predicted octanol–water partition coefficient (Wildman–Crippen LogP) is 5.51. The summed E-state index contributed by atoms with van der Waals surface area (Å²) in [6, 6.07) is 6.87. The number of carbonyl (C=O) groups is 2. The lowest BCUT2D eigenvalue weighted by molar-refractivity contribution is 0.101. The minimum atomic E-state index is -0.701. The summed E-state index contributed by atoms with van der Waals surface area (Å²) < 4.78 is 25.4. The molecular formula is C21H23ClFNO4. The van der Waals surface area contributed by atoms with Gasteiger partial charge in [-0.3, -0.25) is 9.59 Å². The Kier molecular flexibility index (Phi) is 7.02. The molecule has 0 aliphatic heterocycles. The number of hydrogen-bond acceptors (Lipinski definition) is 4. The summed E-state index contributed by atoms with van der Waals surface area (Å²) in [5.41, 5.74) is 0.411. The molecule has 7 heteroatoms. The van der Waals surface area contributed by atoms with Crippen molar-refractivity contribution in [3.63, 3.8) is 0 Å². The lowest BCUT2D eigenvalue weighted by Crippen LogP contribution is -2.15. The van der Waals surface area contributed by atoms with Crippen molar-refractivity contribution in [2.45, 2.75) is 46.8 Å². The van der Waals surface area contributed by atoms with Crippen molar-refractivity contribution in [2.24, 2.45) is 0 Å². The highest BCUT2D eigenvalue weighted by Crippen LogP contribution is 2.38. The predicted molar refractivity (Wildman–Crippen MR) is 107 cm³/mol. The molecular weight excluding hydrogens is 385 g/mol. The Morgan fingerprint density at radius 1 is 1.04 bits per heavy atom. The van der Waals surface area contributed by atoms with E-state index in [0.29, 0.717) is 11.5 Å². The van der Waals surface area contributed by atoms with Crippen LogP contribution in [-0.2, 0) is 0 Å². The molecule has 2 rings (SSSR count). The van der Waals surface area contributed by atoms with Gasteiger partial charge in [-0.05, 0) is 65.0 Å². The average Bonchev–Trinajstić information content (AvgIpc) is 2.56. The van der Waals surface area contributed by atoms with E-state index in [2.05, 4.69) is 5.32 Å². The molecule has 0 spiro atoms. The van der Waals surface area contributed by atoms with Gasteiger partial charge >= 0.3 is 0 Å². The van der Waals surface area contributed by atoms with Crippen molar-refractivity contribution in [1.29, 1.82) is 0 Å². The number of ketones is 1. The van der Waals surface area contributed by atoms with E-state index in [4.69, 9.17) is 21.1 Å². The summed E-state index contributed by atoms with van der Waals surface area (Å²) in [7, 11) is 0. The normalized spacial score (nSPS) is 10.9. The maximum atomic E-state index is 14.0. The molecule has 0 aromatic heterocycles. The molecule has 0 aliphatic rings. The molecule has 0 aliphatic carbocycles. The summed E-state index contributed by atoms with van der Waals surface area (Å²) in [5.74, 6) is -0.883. The third-order valence-electron chi connectivity index (χ3n) is 3.59. The molecule has 0 unspecified atom stereocenters. The molecule has 0 radical (unpaired) electrons. The van der Waals surface area contributed by atoms with E-state index >= 15 is 0 Å². The second-order valence-corrected chi connectivity index (χ2v) is 7.23. The van der Waals surface area contributed by atoms with Gasteiger partial charge < -0.3 is 14.8 Å². The Morgan fingerprint density at radius 3 is 2.21 bits per heavy atom. The Bertz CT molecular complexity index is 896. The fourth-order valence-electron chi connectivity index (χ4n) is 2.47. The molecule has 0 saturated carbocycles. The Labute approximate surface area is 168 Å². The topological polar surface area (TPSA) is 64.6 Å². The Hall–Kier alpha value is -2.60. The number of halogens is 2. The molecule has 28 heavy (non-hydrogen) atoms. The van der Waals surface area contributed by atoms with Crippen LogP contribution in [0.5, 0.6) is 11.5 Å². The van der Waals surface area contributed by atoms with Crippen LogP contribution in [-0.4, -0.2) is 23.9 Å². The van der Waals surface area contributed by atoms with Crippen molar-refractivity contribution in [3.8, 4) is 11.5 Å². The van der Waals surface area contributed by atoms with Crippen LogP contribution in [0.15, 0.2) is 30.3 Å². The van der Waals surface area contributed by atoms with Crippen LogP contribution in [0.25, 0.3) is 0 Å². The monoisotopic (exact) mass is 407 g/mol. The fraction of sp³-hybridized carbons (Fsp3) is 0.333. The molecule has 1 N–H and O–H groups in total. The largest absolute Gasteiger partial charge is 0.487 e. The van der Waals surface area contributed by atoms with Crippen LogP contribution in [0.4, 0.5) is 10.1 Å². The highest BCUT2D eigenvalue weighted by atomic mass is 35.5. The Morgan fingerprint density at radius 2 is 1.68 bits per heavy atom. The number of ether oxygens (including phenoxy) is 2. The first-order valence-corrected chi connectivity index (χ1v) is 9.25. The number of Topliss-reactive ketones (excluding diaryl/α,β-unsaturated/α-hetero) is 1. The molecule has 0 heterocycles. The smallest absolute Gasteiger partial charge is 0.255 e. The van der Waals surface area contributed by atoms with E-state index in [1.54, 1.807) is 0 Å². The molecule has 1 amide bonds. The van der Waals surface area contributed by atoms with Crippen molar-refractivity contribution in [3.05, 3.63) is 52.3 Å². The minimum Gasteiger partial charge on any atom is -0.487 e. The second-order valence-electron chi connectivity index (χ2n) is 6.82. The Balaban J connectivity index is 2.33. The van der Waals surface area contributed by atoms with Crippen molar-refractivity contribution < 1.29 is 23.5 Å². The van der Waals surface area contributed by atoms with Crippen LogP contribution in [0.2, 0.25) is 5.02 Å². The highest BCUT2D eigenvalue weighted by Gasteiger charge is 2.19. The van der Waals surface area contributed by atoms with Crippen LogP contribution in [0, 0.1) is 5.82 Å². The van der Waals surface area contributed by atoms with Gasteiger partial charge in [-0.25, -0.2) is 4.39 Å². The third-order valence-corrected chi connectivity index (χ3v) is 3.87. The molecule has 2 aromatic rings. The van der Waals surface area contributed by atoms with E-state index in [1.807, 2.05) is 27.7 Å². The van der Waals surface area contributed by atoms with Crippen LogP contribution in [0.3, 0.4) is 0 Å². The lowest BCUT2D eigenvalue weighted by atomic mass is 10.1. The quantitative estimate of drug-likeness (QED) is 0.615. The fourth-order valence-corrected chi connectivity index (χ4v) is 2.73. The van der Waals surface area contributed by atoms with Crippen LogP contribution in [0.1, 0.15) is 55.3 Å². The second kappa shape index (κ2) is 9.06. The molecule has 5 nitrogen and oxygen atoms in total. The number of anilines is 1. The molecule has 150 valence electrons. The zero-order chi connectivity index (χ0) is 21.0. The summed E-state index contributed by atoms with van der Waals surface area (Å²) in [6.07, 6.45) is -0.286. The summed E-state index contributed by atoms with van der Waals surface area (Å²) >= 11 is 6.31. The SMILES string of the molecule is CC(=O)c1ccc(NC(=O)c2cc(Cl)c(OC(C)C)c(OC(C)C)c2)cc1F. The number of hydrogen-bond donors (Lipinski definition) is 1. The summed E-state index contributed by atoms with van der Waals surface area (Å²) in [4.78, 5) is 23.9. The van der Waals surface area contributed by atoms with Gasteiger partial charge in [0.2, 0.25) is 0 Å². The maximum absolute atomic E-state index is 14.0. The van der Waals surface area contributed by atoms with Gasteiger partial charge in [0.05, 0.1) is 22.8 Å². The number of benzene rings is 2. The molecule has 2 aromatic carbocycles. The van der Waals surface area contributed by atoms with Crippen molar-refractivity contribution >= 4 is 29.0 Å². The number of nitrogens with one attached hydrogen (secondary N) is 1. The first-order chi connectivity index (χ1) is 13.1. The van der Waals surface area contributed by atoms with E-state index in [1.165, 1.54) is 31.2 Å². The zero-order valence-corrected chi connectivity index (χ0v) is 17.2. The van der Waals surface area contributed by atoms with E-state index < -0.39 is 17.5 Å². The van der Waals surface area contributed by atoms with Gasteiger partial charge in [0.1, 0.15) is 5.82 Å². The zero-order valence-electron chi connectivity index (χ0n) is 16.4. The van der Waals surface area contributed by atoms with Gasteiger partial charge in [0.15, 0.2) is 17.3 Å². The molecule has 0 fully saturated rings. The standard InChI is InChI=1S/C21H23ClFNO4/c1-11(2)27-19-9-14(8-17(22)20(19)28-12(3)4)21(26)24-15-6-7-16(13(5)25)18(23)10-15/h6-12H,1-5H3,(H,24,26). The van der Waals surface area contributed by atoms with Gasteiger partial charge in [-0.2, -0.15) is 0 Å². The number of carbonyl (C=O) groups excluding carboxylic acids is 2. The van der Waals surface area contributed by atoms with Crippen molar-refractivity contribution in [1.82, 2.24) is 0 Å². The molecule has 0 saturated heterocycles. The average molecular weight is 408 g/mol. The maximum Gasteiger partial charge on any atom is 0.255 e. The molecule has 0 bridgehead atoms. The first-order valence-electron chi connectivity index (χ1n) is 8.87. The first kappa shape index (κ1) is 21.7. The third kappa shape index (κ3) is 5.45. The summed E-state index contributed by atoms with van der Waals surface area (Å²) in [5, 5.41) is 2.82. The number of amides is 1. The number of rotatable bonds is 7. The van der Waals surface area contributed by atoms with E-state index in [-0.39, 0.29) is 34.0 Å². The van der Waals surface area contributed by atoms with Gasteiger partial charge in [0.25, 0.3) is 5.91 Å². The van der Waals surface area contributed by atoms with E-state index in [0.717, 1.165) is 6.07 Å². The lowest BCUT2D eigenvalue weighted by Gasteiger charge is -2.19. The molecule has 0 atom stereocenters. The van der Waals surface area contributed by atoms with E-state index in [9.17, 15) is 14.0 Å². The van der Waals surface area contributed by atoms with Crippen LogP contribution < -0.4 is 14.8 Å². The highest BCUT2D eigenvalue weighted by molar-refractivity contribution is 6.32. The summed E-state index contributed by atoms with van der Waals surface area (Å²) in [6.45, 7) is 8.68. The van der Waals surface area contributed by atoms with Crippen LogP contribution >= 0.6 is 11.6 Å². The van der Waals surface area contributed by atoms with Gasteiger partial charge in [-0.1, -0.05) is 11.6 Å². The van der Waals surface area contributed by atoms with Gasteiger partial charge in [-0.15, -0.1) is 0 Å². The van der Waals surface area contributed by atoms with Gasteiger partial charge in [0, 0.05) is 11.3 Å². The minimum absolute atomic E-state index is 0.0381. The van der Waals surface area contributed by atoms with Crippen molar-refractivity contribution in [2.75, 3.05) is 5.32 Å².